The molecule has 4 rings (SSSR count). The number of cyclic esters (lactones) is 1. The van der Waals surface area contributed by atoms with E-state index >= 15 is 0 Å². The molecule has 3 amide bonds. The van der Waals surface area contributed by atoms with E-state index in [1.54, 1.807) is 23.4 Å². The minimum atomic E-state index is -0.387. The number of carbonyl (C=O) groups excluding carboxylic acids is 2. The number of benzene rings is 1. The molecule has 1 saturated heterocycles. The van der Waals surface area contributed by atoms with Crippen LogP contribution in [0.5, 0.6) is 0 Å². The second-order valence-electron chi connectivity index (χ2n) is 6.43. The quantitative estimate of drug-likeness (QED) is 0.896. The van der Waals surface area contributed by atoms with Gasteiger partial charge in [0.05, 0.1) is 17.9 Å². The molecule has 2 aromatic rings. The van der Waals surface area contributed by atoms with Crippen LogP contribution in [0.2, 0.25) is 0 Å². The molecule has 0 atom stereocenters. The number of nitrogens with zero attached hydrogens (tertiary/aromatic N) is 3. The number of pyridine rings is 1. The number of anilines is 2. The summed E-state index contributed by atoms with van der Waals surface area (Å²) in [6.07, 6.45) is 5.10. The molecule has 134 valence electrons. The van der Waals surface area contributed by atoms with Gasteiger partial charge >= 0.3 is 12.1 Å². The fourth-order valence-corrected chi connectivity index (χ4v) is 3.05. The monoisotopic (exact) mass is 352 g/mol. The Morgan fingerprint density at radius 2 is 2.00 bits per heavy atom. The fourth-order valence-electron chi connectivity index (χ4n) is 3.05. The molecule has 0 bridgehead atoms. The number of hydrogen-bond donors (Lipinski definition) is 1. The lowest BCUT2D eigenvalue weighted by molar-refractivity contribution is 0.181. The molecule has 7 nitrogen and oxygen atoms in total. The van der Waals surface area contributed by atoms with Gasteiger partial charge in [0.25, 0.3) is 0 Å². The van der Waals surface area contributed by atoms with Crippen LogP contribution in [0.25, 0.3) is 0 Å². The summed E-state index contributed by atoms with van der Waals surface area (Å²) in [7, 11) is 0. The lowest BCUT2D eigenvalue weighted by Gasteiger charge is -2.24. The second-order valence-corrected chi connectivity index (χ2v) is 6.43. The van der Waals surface area contributed by atoms with Crippen molar-refractivity contribution in [2.75, 3.05) is 23.4 Å². The van der Waals surface area contributed by atoms with Crippen molar-refractivity contribution < 1.29 is 14.3 Å². The van der Waals surface area contributed by atoms with Crippen molar-refractivity contribution >= 4 is 23.5 Å². The first kappa shape index (κ1) is 16.4. The highest BCUT2D eigenvalue weighted by molar-refractivity contribution is 5.99. The van der Waals surface area contributed by atoms with E-state index in [1.807, 2.05) is 35.2 Å². The van der Waals surface area contributed by atoms with Crippen molar-refractivity contribution in [3.63, 3.8) is 0 Å². The number of rotatable bonds is 5. The van der Waals surface area contributed by atoms with Gasteiger partial charge in [-0.05, 0) is 42.7 Å². The Morgan fingerprint density at radius 3 is 2.69 bits per heavy atom. The summed E-state index contributed by atoms with van der Waals surface area (Å²) >= 11 is 0. The number of carbonyl (C=O) groups is 2. The Morgan fingerprint density at radius 1 is 1.23 bits per heavy atom. The first-order chi connectivity index (χ1) is 12.7. The van der Waals surface area contributed by atoms with E-state index in [2.05, 4.69) is 10.3 Å². The van der Waals surface area contributed by atoms with E-state index in [9.17, 15) is 9.59 Å². The summed E-state index contributed by atoms with van der Waals surface area (Å²) in [5, 5.41) is 2.97. The van der Waals surface area contributed by atoms with Gasteiger partial charge in [-0.3, -0.25) is 9.88 Å². The van der Waals surface area contributed by atoms with E-state index in [0.717, 1.165) is 18.4 Å². The molecule has 1 N–H and O–H groups in total. The Labute approximate surface area is 151 Å². The van der Waals surface area contributed by atoms with Crippen molar-refractivity contribution in [3.05, 3.63) is 54.4 Å². The first-order valence-corrected chi connectivity index (χ1v) is 8.72. The second kappa shape index (κ2) is 7.03. The van der Waals surface area contributed by atoms with Gasteiger partial charge in [0.15, 0.2) is 0 Å². The van der Waals surface area contributed by atoms with Gasteiger partial charge < -0.3 is 15.0 Å². The number of urea groups is 1. The number of ether oxygens (including phenoxy) is 1. The van der Waals surface area contributed by atoms with E-state index in [-0.39, 0.29) is 18.2 Å². The third-order valence-electron chi connectivity index (χ3n) is 4.55. The maximum atomic E-state index is 12.9. The van der Waals surface area contributed by atoms with Crippen molar-refractivity contribution in [2.24, 2.45) is 0 Å². The first-order valence-electron chi connectivity index (χ1n) is 8.72. The fraction of sp³-hybridized carbons (Fsp3) is 0.316. The summed E-state index contributed by atoms with van der Waals surface area (Å²) < 4.78 is 5.01. The van der Waals surface area contributed by atoms with E-state index < -0.39 is 0 Å². The van der Waals surface area contributed by atoms with Gasteiger partial charge in [0, 0.05) is 25.0 Å². The summed E-state index contributed by atoms with van der Waals surface area (Å²) in [5.41, 5.74) is 2.30. The lowest BCUT2D eigenvalue weighted by atomic mass is 10.2. The minimum absolute atomic E-state index is 0.163. The topological polar surface area (TPSA) is 74.8 Å². The maximum Gasteiger partial charge on any atom is 0.414 e. The molecular weight excluding hydrogens is 332 g/mol. The van der Waals surface area contributed by atoms with Crippen LogP contribution in [0.15, 0.2) is 48.8 Å². The largest absolute Gasteiger partial charge is 0.447 e. The zero-order valence-corrected chi connectivity index (χ0v) is 14.3. The highest BCUT2D eigenvalue weighted by atomic mass is 16.6. The average Bonchev–Trinajstić information content (AvgIpc) is 3.42. The van der Waals surface area contributed by atoms with Crippen molar-refractivity contribution in [1.29, 1.82) is 0 Å². The zero-order chi connectivity index (χ0) is 17.9. The standard InChI is InChI=1S/C19H20N4O3/c24-18(23(15-5-6-15)13-14-7-9-20-10-8-14)21-16-3-1-2-4-17(16)22-11-12-26-19(22)25/h1-4,7-10,15H,5-6,11-13H2,(H,21,24). The smallest absolute Gasteiger partial charge is 0.414 e. The molecule has 1 aliphatic carbocycles. The molecule has 26 heavy (non-hydrogen) atoms. The molecule has 0 unspecified atom stereocenters. The Kier molecular flexibility index (Phi) is 4.43. The summed E-state index contributed by atoms with van der Waals surface area (Å²) in [4.78, 5) is 32.2. The Balaban J connectivity index is 1.52. The zero-order valence-electron chi connectivity index (χ0n) is 14.3. The van der Waals surface area contributed by atoms with Gasteiger partial charge in [-0.15, -0.1) is 0 Å². The molecule has 0 radical (unpaired) electrons. The third-order valence-corrected chi connectivity index (χ3v) is 4.55. The van der Waals surface area contributed by atoms with Crippen LogP contribution in [-0.2, 0) is 11.3 Å². The van der Waals surface area contributed by atoms with Crippen LogP contribution in [0.1, 0.15) is 18.4 Å². The number of hydrogen-bond acceptors (Lipinski definition) is 4. The molecule has 2 aliphatic rings. The maximum absolute atomic E-state index is 12.9. The predicted molar refractivity (Wildman–Crippen MR) is 97.0 cm³/mol. The van der Waals surface area contributed by atoms with E-state index in [4.69, 9.17) is 4.74 Å². The van der Waals surface area contributed by atoms with Gasteiger partial charge in [0.1, 0.15) is 6.61 Å². The van der Waals surface area contributed by atoms with Crippen molar-refractivity contribution in [3.8, 4) is 0 Å². The summed E-state index contributed by atoms with van der Waals surface area (Å²) in [6, 6.07) is 11.2. The molecule has 1 aliphatic heterocycles. The van der Waals surface area contributed by atoms with Gasteiger partial charge in [-0.2, -0.15) is 0 Å². The number of para-hydroxylation sites is 2. The van der Waals surface area contributed by atoms with Crippen LogP contribution in [0, 0.1) is 0 Å². The Bertz CT molecular complexity index is 807. The lowest BCUT2D eigenvalue weighted by Crippen LogP contribution is -2.37. The van der Waals surface area contributed by atoms with Crippen LogP contribution in [0.4, 0.5) is 21.0 Å². The van der Waals surface area contributed by atoms with E-state index in [1.165, 1.54) is 0 Å². The summed E-state index contributed by atoms with van der Waals surface area (Å²) in [6.45, 7) is 1.37. The predicted octanol–water partition coefficient (Wildman–Crippen LogP) is 3.23. The van der Waals surface area contributed by atoms with Gasteiger partial charge in [-0.25, -0.2) is 9.59 Å². The van der Waals surface area contributed by atoms with E-state index in [0.29, 0.717) is 31.1 Å². The number of nitrogens with one attached hydrogen (secondary N) is 1. The van der Waals surface area contributed by atoms with Crippen LogP contribution in [0.3, 0.4) is 0 Å². The minimum Gasteiger partial charge on any atom is -0.447 e. The Hall–Kier alpha value is -3.09. The molecule has 1 saturated carbocycles. The van der Waals surface area contributed by atoms with Crippen LogP contribution < -0.4 is 10.2 Å². The van der Waals surface area contributed by atoms with Crippen molar-refractivity contribution in [2.45, 2.75) is 25.4 Å². The number of aromatic nitrogens is 1. The van der Waals surface area contributed by atoms with Gasteiger partial charge in [-0.1, -0.05) is 12.1 Å². The average molecular weight is 352 g/mol. The summed E-state index contributed by atoms with van der Waals surface area (Å²) in [5.74, 6) is 0. The number of amides is 3. The highest BCUT2D eigenvalue weighted by Crippen LogP contribution is 2.31. The van der Waals surface area contributed by atoms with Crippen molar-refractivity contribution in [1.82, 2.24) is 9.88 Å². The molecule has 2 fully saturated rings. The normalized spacial score (nSPS) is 16.3. The molecule has 2 heterocycles. The van der Waals surface area contributed by atoms with Gasteiger partial charge in [0.2, 0.25) is 0 Å². The van der Waals surface area contributed by atoms with Crippen LogP contribution >= 0.6 is 0 Å². The molecule has 1 aromatic heterocycles. The third kappa shape index (κ3) is 3.46. The highest BCUT2D eigenvalue weighted by Gasteiger charge is 2.33. The SMILES string of the molecule is O=C1OCCN1c1ccccc1NC(=O)N(Cc1ccncc1)C1CC1. The van der Waals surface area contributed by atoms with Crippen LogP contribution in [-0.4, -0.2) is 41.2 Å². The molecule has 7 heteroatoms. The molecule has 1 aromatic carbocycles. The molecule has 0 spiro atoms. The molecular formula is C19H20N4O3.